The van der Waals surface area contributed by atoms with E-state index in [0.717, 1.165) is 32.8 Å². The second-order valence-electron chi connectivity index (χ2n) is 8.23. The lowest BCUT2D eigenvalue weighted by atomic mass is 10.1. The fourth-order valence-corrected chi connectivity index (χ4v) is 7.19. The normalized spacial score (nSPS) is 29.4. The molecule has 4 rings (SSSR count). The van der Waals surface area contributed by atoms with E-state index < -0.39 is 52.2 Å². The molecule has 0 bridgehead atoms. The molecule has 17 heteroatoms. The number of aliphatic hydroxyl groups is 2. The summed E-state index contributed by atoms with van der Waals surface area (Å²) in [7, 11) is -7.95. The second-order valence-corrected chi connectivity index (χ2v) is 12.9. The van der Waals surface area contributed by atoms with Gasteiger partial charge in [-0.2, -0.15) is 9.97 Å². The second kappa shape index (κ2) is 10.1. The molecule has 1 saturated carbocycles. The third kappa shape index (κ3) is 5.62. The van der Waals surface area contributed by atoms with Crippen molar-refractivity contribution in [2.75, 3.05) is 24.9 Å². The standard InChI is InChI=1S/C17H26ClN5O9P2/c1-30-33(26,27)8-34(28,29)31-6-10-12(24)13(25)16(32-10)23-7-19-11-14(20-9-4-2-3-5-9)21-17(18)22-15(11)23/h7,9-10,12-13,16,24-25H,2-6,8H2,1H3,(H,26,27)(H,28,29)(H,20,21,22)/t10-,12-,13-,16-/m1/s1. The van der Waals surface area contributed by atoms with Gasteiger partial charge in [-0.1, -0.05) is 12.8 Å². The molecule has 0 spiro atoms. The quantitative estimate of drug-likeness (QED) is 0.226. The minimum Gasteiger partial charge on any atom is -0.387 e. The number of imidazole rings is 1. The molecule has 190 valence electrons. The molecular weight excluding hydrogens is 516 g/mol. The molecule has 34 heavy (non-hydrogen) atoms. The predicted molar refractivity (Wildman–Crippen MR) is 120 cm³/mol. The lowest BCUT2D eigenvalue weighted by molar-refractivity contribution is -0.0483. The van der Waals surface area contributed by atoms with Crippen molar-refractivity contribution in [2.24, 2.45) is 0 Å². The van der Waals surface area contributed by atoms with E-state index in [2.05, 4.69) is 24.8 Å². The summed E-state index contributed by atoms with van der Waals surface area (Å²) in [6.07, 6.45) is 0.203. The van der Waals surface area contributed by atoms with Gasteiger partial charge in [0.2, 0.25) is 5.28 Å². The van der Waals surface area contributed by atoms with E-state index in [0.29, 0.717) is 11.3 Å². The van der Waals surface area contributed by atoms with E-state index >= 15 is 0 Å². The number of anilines is 1. The van der Waals surface area contributed by atoms with Crippen molar-refractivity contribution in [1.29, 1.82) is 0 Å². The number of halogens is 1. The number of ether oxygens (including phenoxy) is 1. The lowest BCUT2D eigenvalue weighted by Gasteiger charge is -2.19. The Morgan fingerprint density at radius 1 is 1.21 bits per heavy atom. The fraction of sp³-hybridized carbons (Fsp3) is 0.706. The number of rotatable bonds is 9. The van der Waals surface area contributed by atoms with Gasteiger partial charge in [-0.15, -0.1) is 0 Å². The van der Waals surface area contributed by atoms with E-state index in [1.165, 1.54) is 10.9 Å². The molecule has 1 aliphatic heterocycles. The van der Waals surface area contributed by atoms with Crippen molar-refractivity contribution >= 4 is 43.8 Å². The Kier molecular flexibility index (Phi) is 7.66. The maximum absolute atomic E-state index is 12.1. The van der Waals surface area contributed by atoms with Crippen LogP contribution in [-0.2, 0) is 22.9 Å². The van der Waals surface area contributed by atoms with Gasteiger partial charge in [-0.3, -0.25) is 13.7 Å². The SMILES string of the molecule is COP(=O)(O)CP(=O)(O)OC[C@H]1O[C@@H](n2cnc3c(NC4CCCC4)nc(Cl)nc32)[C@H](O)[C@@H]1O. The molecule has 2 aromatic rings. The smallest absolute Gasteiger partial charge is 0.340 e. The van der Waals surface area contributed by atoms with Crippen LogP contribution in [0.25, 0.3) is 11.2 Å². The van der Waals surface area contributed by atoms with Crippen LogP contribution in [0.3, 0.4) is 0 Å². The van der Waals surface area contributed by atoms with Gasteiger partial charge in [-0.05, 0) is 24.4 Å². The number of hydrogen-bond donors (Lipinski definition) is 5. The molecule has 1 saturated heterocycles. The van der Waals surface area contributed by atoms with Crippen LogP contribution in [0.1, 0.15) is 31.9 Å². The predicted octanol–water partition coefficient (Wildman–Crippen LogP) is 1.44. The van der Waals surface area contributed by atoms with E-state index in [1.54, 1.807) is 0 Å². The molecule has 5 N–H and O–H groups in total. The topological polar surface area (TPSA) is 198 Å². The largest absolute Gasteiger partial charge is 0.387 e. The van der Waals surface area contributed by atoms with Crippen LogP contribution >= 0.6 is 26.8 Å². The molecule has 2 aliphatic rings. The Labute approximate surface area is 199 Å². The Morgan fingerprint density at radius 2 is 1.91 bits per heavy atom. The highest BCUT2D eigenvalue weighted by Crippen LogP contribution is 2.58. The number of fused-ring (bicyclic) bond motifs is 1. The van der Waals surface area contributed by atoms with Gasteiger partial charge in [0.05, 0.1) is 12.9 Å². The van der Waals surface area contributed by atoms with Crippen molar-refractivity contribution in [3.05, 3.63) is 11.6 Å². The lowest BCUT2D eigenvalue weighted by Crippen LogP contribution is -2.33. The Bertz CT molecular complexity index is 1130. The molecule has 2 fully saturated rings. The fourth-order valence-electron chi connectivity index (χ4n) is 4.05. The van der Waals surface area contributed by atoms with Gasteiger partial charge in [-0.25, -0.2) is 4.98 Å². The number of nitrogens with zero attached hydrogens (tertiary/aromatic N) is 4. The third-order valence-corrected chi connectivity index (χ3v) is 9.94. The summed E-state index contributed by atoms with van der Waals surface area (Å²) in [4.78, 5) is 32.0. The number of aliphatic hydroxyl groups excluding tert-OH is 2. The van der Waals surface area contributed by atoms with Crippen LogP contribution in [-0.4, -0.2) is 83.5 Å². The molecule has 1 aliphatic carbocycles. The van der Waals surface area contributed by atoms with Gasteiger partial charge in [0.1, 0.15) is 18.3 Å². The van der Waals surface area contributed by atoms with E-state index in [-0.39, 0.29) is 17.0 Å². The van der Waals surface area contributed by atoms with Gasteiger partial charge in [0, 0.05) is 13.2 Å². The highest BCUT2D eigenvalue weighted by molar-refractivity contribution is 7.70. The summed E-state index contributed by atoms with van der Waals surface area (Å²) in [6.45, 7) is -0.636. The monoisotopic (exact) mass is 541 g/mol. The highest BCUT2D eigenvalue weighted by atomic mass is 35.5. The number of hydrogen-bond acceptors (Lipinski definition) is 11. The summed E-state index contributed by atoms with van der Waals surface area (Å²) >= 11 is 6.11. The van der Waals surface area contributed by atoms with Crippen LogP contribution in [0.2, 0.25) is 5.28 Å². The van der Waals surface area contributed by atoms with Gasteiger partial charge < -0.3 is 39.1 Å². The van der Waals surface area contributed by atoms with Crippen molar-refractivity contribution in [2.45, 2.75) is 56.3 Å². The molecule has 14 nitrogen and oxygen atoms in total. The Hall–Kier alpha value is -1.18. The molecular formula is C17H26ClN5O9P2. The van der Waals surface area contributed by atoms with Gasteiger partial charge >= 0.3 is 15.2 Å². The summed E-state index contributed by atoms with van der Waals surface area (Å²) in [5, 5.41) is 24.3. The number of nitrogens with one attached hydrogen (secondary N) is 1. The summed E-state index contributed by atoms with van der Waals surface area (Å²) < 4.78 is 39.9. The Morgan fingerprint density at radius 3 is 2.59 bits per heavy atom. The van der Waals surface area contributed by atoms with E-state index in [4.69, 9.17) is 20.9 Å². The van der Waals surface area contributed by atoms with Gasteiger partial charge in [0.25, 0.3) is 0 Å². The van der Waals surface area contributed by atoms with Crippen molar-refractivity contribution in [1.82, 2.24) is 19.5 Å². The van der Waals surface area contributed by atoms with Crippen LogP contribution in [0, 0.1) is 0 Å². The van der Waals surface area contributed by atoms with Crippen LogP contribution in [0.15, 0.2) is 6.33 Å². The zero-order valence-electron chi connectivity index (χ0n) is 18.1. The summed E-state index contributed by atoms with van der Waals surface area (Å²) in [5.74, 6) is -0.690. The minimum absolute atomic E-state index is 0.0459. The first-order chi connectivity index (χ1) is 16.0. The van der Waals surface area contributed by atoms with Crippen molar-refractivity contribution in [3.63, 3.8) is 0 Å². The molecule has 3 heterocycles. The van der Waals surface area contributed by atoms with E-state index in [1.807, 2.05) is 0 Å². The first-order valence-electron chi connectivity index (χ1n) is 10.5. The van der Waals surface area contributed by atoms with Crippen LogP contribution in [0.4, 0.5) is 5.82 Å². The molecule has 0 aromatic carbocycles. The average Bonchev–Trinajstić information content (AvgIpc) is 3.47. The molecule has 2 unspecified atom stereocenters. The van der Waals surface area contributed by atoms with Gasteiger partial charge in [0.15, 0.2) is 29.1 Å². The van der Waals surface area contributed by atoms with E-state index in [9.17, 15) is 29.1 Å². The minimum atomic E-state index is -4.55. The molecule has 2 aromatic heterocycles. The van der Waals surface area contributed by atoms with Crippen molar-refractivity contribution in [3.8, 4) is 0 Å². The third-order valence-electron chi connectivity index (χ3n) is 5.78. The summed E-state index contributed by atoms with van der Waals surface area (Å²) in [6, 6.07) is 0.234. The highest BCUT2D eigenvalue weighted by Gasteiger charge is 2.46. The molecule has 0 radical (unpaired) electrons. The maximum Gasteiger partial charge on any atom is 0.340 e. The van der Waals surface area contributed by atoms with Crippen molar-refractivity contribution < 1.29 is 42.9 Å². The molecule has 6 atom stereocenters. The first-order valence-corrected chi connectivity index (χ1v) is 14.4. The zero-order chi connectivity index (χ0) is 24.7. The maximum atomic E-state index is 12.1. The van der Waals surface area contributed by atoms with Crippen LogP contribution < -0.4 is 5.32 Å². The molecule has 0 amide bonds. The first kappa shape index (κ1) is 25.9. The zero-order valence-corrected chi connectivity index (χ0v) is 20.6. The van der Waals surface area contributed by atoms with Crippen LogP contribution in [0.5, 0.6) is 0 Å². The summed E-state index contributed by atoms with van der Waals surface area (Å²) in [5.41, 5.74) is 0.659. The Balaban J connectivity index is 1.51. The number of aromatic nitrogens is 4. The average molecular weight is 542 g/mol.